The van der Waals surface area contributed by atoms with Crippen molar-refractivity contribution in [3.8, 4) is 0 Å². The first kappa shape index (κ1) is 11.5. The van der Waals surface area contributed by atoms with E-state index in [0.717, 1.165) is 12.1 Å². The topological polar surface area (TPSA) is 83.5 Å². The van der Waals surface area contributed by atoms with Crippen LogP contribution in [0.5, 0.6) is 0 Å². The number of pyridine rings is 1. The maximum Gasteiger partial charge on any atom is 0.140 e. The van der Waals surface area contributed by atoms with Crippen molar-refractivity contribution in [2.24, 2.45) is 10.9 Å². The Kier molecular flexibility index (Phi) is 4.56. The largest absolute Gasteiger partial charge is 0.409 e. The van der Waals surface area contributed by atoms with Crippen molar-refractivity contribution < 1.29 is 5.21 Å². The quantitative estimate of drug-likeness (QED) is 0.218. The number of oxime groups is 1. The highest BCUT2D eigenvalue weighted by Crippen LogP contribution is 2.03. The van der Waals surface area contributed by atoms with Crippen molar-refractivity contribution in [3.63, 3.8) is 0 Å². The van der Waals surface area contributed by atoms with Crippen LogP contribution in [-0.4, -0.2) is 22.6 Å². The van der Waals surface area contributed by atoms with Gasteiger partial charge in [0, 0.05) is 31.9 Å². The Hall–Kier alpha value is -1.62. The molecule has 1 rings (SSSR count). The Morgan fingerprint density at radius 2 is 2.47 bits per heavy atom. The van der Waals surface area contributed by atoms with Gasteiger partial charge >= 0.3 is 0 Å². The van der Waals surface area contributed by atoms with E-state index in [2.05, 4.69) is 15.5 Å². The molecule has 0 fully saturated rings. The molecule has 0 spiro atoms. The second-order valence-corrected chi connectivity index (χ2v) is 3.32. The predicted molar refractivity (Wildman–Crippen MR) is 58.7 cm³/mol. The molecule has 0 aromatic carbocycles. The molecule has 0 amide bonds. The number of rotatable bonds is 5. The number of amidine groups is 1. The lowest BCUT2D eigenvalue weighted by molar-refractivity contribution is 0.316. The zero-order valence-corrected chi connectivity index (χ0v) is 8.77. The SMILES string of the molecule is Cc1cnccc1CNCC/C(N)=N/O. The third-order valence-corrected chi connectivity index (χ3v) is 2.14. The molecular formula is C10H16N4O. The van der Waals surface area contributed by atoms with Crippen LogP contribution in [0.25, 0.3) is 0 Å². The van der Waals surface area contributed by atoms with Crippen LogP contribution >= 0.6 is 0 Å². The fraction of sp³-hybridized carbons (Fsp3) is 0.400. The molecule has 0 aliphatic heterocycles. The second kappa shape index (κ2) is 5.98. The summed E-state index contributed by atoms with van der Waals surface area (Å²) in [6.45, 7) is 3.48. The van der Waals surface area contributed by atoms with E-state index in [0.29, 0.717) is 13.0 Å². The molecule has 1 aromatic rings. The third kappa shape index (κ3) is 3.95. The monoisotopic (exact) mass is 208 g/mol. The van der Waals surface area contributed by atoms with Crippen molar-refractivity contribution in [3.05, 3.63) is 29.6 Å². The molecule has 0 unspecified atom stereocenters. The zero-order chi connectivity index (χ0) is 11.1. The van der Waals surface area contributed by atoms with Crippen LogP contribution in [0.4, 0.5) is 0 Å². The van der Waals surface area contributed by atoms with Crippen molar-refractivity contribution >= 4 is 5.84 Å². The molecule has 5 nitrogen and oxygen atoms in total. The van der Waals surface area contributed by atoms with Crippen molar-refractivity contribution in [1.29, 1.82) is 0 Å². The zero-order valence-electron chi connectivity index (χ0n) is 8.77. The first-order chi connectivity index (χ1) is 7.24. The normalized spacial score (nSPS) is 11.7. The van der Waals surface area contributed by atoms with Crippen molar-refractivity contribution in [1.82, 2.24) is 10.3 Å². The predicted octanol–water partition coefficient (Wildman–Crippen LogP) is 0.616. The Morgan fingerprint density at radius 3 is 3.13 bits per heavy atom. The minimum Gasteiger partial charge on any atom is -0.409 e. The molecule has 4 N–H and O–H groups in total. The van der Waals surface area contributed by atoms with Crippen LogP contribution in [0.15, 0.2) is 23.6 Å². The van der Waals surface area contributed by atoms with Crippen LogP contribution in [0.3, 0.4) is 0 Å². The van der Waals surface area contributed by atoms with Gasteiger partial charge in [0.1, 0.15) is 5.84 Å². The Bertz CT molecular complexity index is 338. The molecule has 5 heteroatoms. The van der Waals surface area contributed by atoms with Crippen molar-refractivity contribution in [2.75, 3.05) is 6.54 Å². The molecule has 0 saturated carbocycles. The Balaban J connectivity index is 2.29. The van der Waals surface area contributed by atoms with E-state index in [1.807, 2.05) is 19.2 Å². The van der Waals surface area contributed by atoms with Crippen LogP contribution in [0.2, 0.25) is 0 Å². The molecule has 0 atom stereocenters. The number of nitrogens with one attached hydrogen (secondary N) is 1. The molecule has 0 radical (unpaired) electrons. The molecule has 0 saturated heterocycles. The van der Waals surface area contributed by atoms with Gasteiger partial charge in [0.25, 0.3) is 0 Å². The highest BCUT2D eigenvalue weighted by atomic mass is 16.4. The summed E-state index contributed by atoms with van der Waals surface area (Å²) in [5.41, 5.74) is 7.71. The van der Waals surface area contributed by atoms with E-state index in [4.69, 9.17) is 10.9 Å². The standard InChI is InChI=1S/C10H16N4O/c1-8-6-12-4-2-9(8)7-13-5-3-10(11)14-15/h2,4,6,13,15H,3,5,7H2,1H3,(H2,11,14). The average molecular weight is 208 g/mol. The minimum absolute atomic E-state index is 0.244. The Labute approximate surface area is 89.0 Å². The van der Waals surface area contributed by atoms with Gasteiger partial charge in [0.2, 0.25) is 0 Å². The lowest BCUT2D eigenvalue weighted by Crippen LogP contribution is -2.22. The van der Waals surface area contributed by atoms with Gasteiger partial charge in [-0.25, -0.2) is 0 Å². The molecule has 1 heterocycles. The van der Waals surface area contributed by atoms with Gasteiger partial charge in [-0.2, -0.15) is 0 Å². The van der Waals surface area contributed by atoms with Crippen molar-refractivity contribution in [2.45, 2.75) is 19.9 Å². The number of hydrogen-bond acceptors (Lipinski definition) is 4. The lowest BCUT2D eigenvalue weighted by Gasteiger charge is -2.06. The maximum atomic E-state index is 8.32. The summed E-state index contributed by atoms with van der Waals surface area (Å²) in [5, 5.41) is 14.4. The number of nitrogens with zero attached hydrogens (tertiary/aromatic N) is 2. The van der Waals surface area contributed by atoms with Gasteiger partial charge < -0.3 is 16.3 Å². The summed E-state index contributed by atoms with van der Waals surface area (Å²) in [6.07, 6.45) is 4.15. The van der Waals surface area contributed by atoms with Crippen LogP contribution in [0.1, 0.15) is 17.5 Å². The fourth-order valence-electron chi connectivity index (χ4n) is 1.19. The smallest absolute Gasteiger partial charge is 0.140 e. The first-order valence-corrected chi connectivity index (χ1v) is 4.80. The second-order valence-electron chi connectivity index (χ2n) is 3.32. The third-order valence-electron chi connectivity index (χ3n) is 2.14. The number of hydrogen-bond donors (Lipinski definition) is 3. The van der Waals surface area contributed by atoms with Gasteiger partial charge in [-0.15, -0.1) is 0 Å². The summed E-state index contributed by atoms with van der Waals surface area (Å²) in [6, 6.07) is 1.98. The Morgan fingerprint density at radius 1 is 1.67 bits per heavy atom. The first-order valence-electron chi connectivity index (χ1n) is 4.80. The van der Waals surface area contributed by atoms with E-state index in [9.17, 15) is 0 Å². The van der Waals surface area contributed by atoms with E-state index in [-0.39, 0.29) is 5.84 Å². The highest BCUT2D eigenvalue weighted by Gasteiger charge is 1.97. The van der Waals surface area contributed by atoms with Gasteiger partial charge in [0.05, 0.1) is 0 Å². The van der Waals surface area contributed by atoms with E-state index >= 15 is 0 Å². The van der Waals surface area contributed by atoms with Gasteiger partial charge in [-0.1, -0.05) is 5.16 Å². The summed E-state index contributed by atoms with van der Waals surface area (Å²) in [5.74, 6) is 0.244. The van der Waals surface area contributed by atoms with Gasteiger partial charge in [-0.3, -0.25) is 4.98 Å². The molecule has 15 heavy (non-hydrogen) atoms. The van der Waals surface area contributed by atoms with E-state index < -0.39 is 0 Å². The van der Waals surface area contributed by atoms with Crippen LogP contribution in [0, 0.1) is 6.92 Å². The van der Waals surface area contributed by atoms with Gasteiger partial charge in [-0.05, 0) is 24.1 Å². The molecule has 82 valence electrons. The molecular weight excluding hydrogens is 192 g/mol. The average Bonchev–Trinajstić information content (AvgIpc) is 2.26. The summed E-state index contributed by atoms with van der Waals surface area (Å²) < 4.78 is 0. The van der Waals surface area contributed by atoms with E-state index in [1.54, 1.807) is 6.20 Å². The fourth-order valence-corrected chi connectivity index (χ4v) is 1.19. The number of aryl methyl sites for hydroxylation is 1. The number of nitrogens with two attached hydrogens (primary N) is 1. The van der Waals surface area contributed by atoms with E-state index in [1.165, 1.54) is 5.56 Å². The van der Waals surface area contributed by atoms with Crippen LogP contribution < -0.4 is 11.1 Å². The molecule has 0 aliphatic carbocycles. The van der Waals surface area contributed by atoms with Crippen LogP contribution in [-0.2, 0) is 6.54 Å². The molecule has 0 aliphatic rings. The number of aromatic nitrogens is 1. The lowest BCUT2D eigenvalue weighted by atomic mass is 10.1. The highest BCUT2D eigenvalue weighted by molar-refractivity contribution is 5.79. The summed E-state index contributed by atoms with van der Waals surface area (Å²) in [7, 11) is 0. The molecule has 0 bridgehead atoms. The van der Waals surface area contributed by atoms with Gasteiger partial charge in [0.15, 0.2) is 0 Å². The maximum absolute atomic E-state index is 8.32. The summed E-state index contributed by atoms with van der Waals surface area (Å²) >= 11 is 0. The summed E-state index contributed by atoms with van der Waals surface area (Å²) in [4.78, 5) is 4.01. The minimum atomic E-state index is 0.244. The molecule has 1 aromatic heterocycles.